The lowest BCUT2D eigenvalue weighted by atomic mass is 10.1. The lowest BCUT2D eigenvalue weighted by Gasteiger charge is -2.15. The molecule has 150 valence electrons. The van der Waals surface area contributed by atoms with Gasteiger partial charge in [-0.3, -0.25) is 9.59 Å². The molecule has 0 radical (unpaired) electrons. The van der Waals surface area contributed by atoms with E-state index >= 15 is 0 Å². The normalized spacial score (nSPS) is 11.8. The Morgan fingerprint density at radius 1 is 1.03 bits per heavy atom. The van der Waals surface area contributed by atoms with E-state index in [4.69, 9.17) is 0 Å². The lowest BCUT2D eigenvalue weighted by molar-refractivity contribution is -0.119. The molecule has 0 spiro atoms. The van der Waals surface area contributed by atoms with Crippen LogP contribution in [-0.2, 0) is 11.2 Å². The van der Waals surface area contributed by atoms with Gasteiger partial charge in [0.25, 0.3) is 5.56 Å². The average Bonchev–Trinajstić information content (AvgIpc) is 2.73. The number of nitrogens with zero attached hydrogens (tertiary/aromatic N) is 2. The van der Waals surface area contributed by atoms with Gasteiger partial charge in [-0.15, -0.1) is 0 Å². The van der Waals surface area contributed by atoms with E-state index < -0.39 is 6.04 Å². The molecule has 0 aliphatic carbocycles. The smallest absolute Gasteiger partial charge is 0.267 e. The SMILES string of the molecule is CCCCc1ccc(NC(=O)C(C)n2nc(-c3ccc(C)cc3)ccc2=O)cc1. The molecule has 1 heterocycles. The number of rotatable bonds is 7. The fraction of sp³-hybridized carbons (Fsp3) is 0.292. The number of aryl methyl sites for hydroxylation is 2. The minimum Gasteiger partial charge on any atom is -0.324 e. The molecular formula is C24H27N3O2. The van der Waals surface area contributed by atoms with E-state index in [9.17, 15) is 9.59 Å². The van der Waals surface area contributed by atoms with Gasteiger partial charge >= 0.3 is 0 Å². The fourth-order valence-electron chi connectivity index (χ4n) is 3.07. The molecule has 3 rings (SSSR count). The van der Waals surface area contributed by atoms with E-state index in [1.54, 1.807) is 13.0 Å². The van der Waals surface area contributed by atoms with Crippen LogP contribution in [0.1, 0.15) is 43.9 Å². The standard InChI is InChI=1S/C24H27N3O2/c1-4-5-6-19-9-13-21(14-10-19)25-24(29)18(3)27-23(28)16-15-22(26-27)20-11-7-17(2)8-12-20/h7-16,18H,4-6H2,1-3H3,(H,25,29). The molecule has 0 aliphatic heterocycles. The van der Waals surface area contributed by atoms with Crippen LogP contribution in [-0.4, -0.2) is 15.7 Å². The minimum absolute atomic E-state index is 0.276. The van der Waals surface area contributed by atoms with Crippen molar-refractivity contribution >= 4 is 11.6 Å². The average molecular weight is 389 g/mol. The summed E-state index contributed by atoms with van der Waals surface area (Å²) in [4.78, 5) is 25.0. The van der Waals surface area contributed by atoms with Crippen molar-refractivity contribution < 1.29 is 4.79 Å². The number of amides is 1. The zero-order valence-electron chi connectivity index (χ0n) is 17.2. The molecule has 2 aromatic carbocycles. The summed E-state index contributed by atoms with van der Waals surface area (Å²) in [7, 11) is 0. The molecule has 1 N–H and O–H groups in total. The van der Waals surface area contributed by atoms with E-state index in [1.165, 1.54) is 16.3 Å². The highest BCUT2D eigenvalue weighted by atomic mass is 16.2. The highest BCUT2D eigenvalue weighted by Gasteiger charge is 2.18. The summed E-state index contributed by atoms with van der Waals surface area (Å²) in [6.45, 7) is 5.86. The molecule has 1 amide bonds. The van der Waals surface area contributed by atoms with Crippen LogP contribution in [0.25, 0.3) is 11.3 Å². The van der Waals surface area contributed by atoms with Crippen LogP contribution in [0, 0.1) is 6.92 Å². The molecular weight excluding hydrogens is 362 g/mol. The summed E-state index contributed by atoms with van der Waals surface area (Å²) in [6.07, 6.45) is 3.33. The maximum Gasteiger partial charge on any atom is 0.267 e. The van der Waals surface area contributed by atoms with Crippen molar-refractivity contribution in [3.05, 3.63) is 82.1 Å². The first-order chi connectivity index (χ1) is 14.0. The Morgan fingerprint density at radius 2 is 1.72 bits per heavy atom. The second-order valence-electron chi connectivity index (χ2n) is 7.33. The Labute approximate surface area is 171 Å². The Hall–Kier alpha value is -3.21. The third-order valence-electron chi connectivity index (χ3n) is 4.96. The van der Waals surface area contributed by atoms with Crippen LogP contribution in [0.15, 0.2) is 65.5 Å². The Kier molecular flexibility index (Phi) is 6.60. The summed E-state index contributed by atoms with van der Waals surface area (Å²) in [5, 5.41) is 7.30. The number of nitrogens with one attached hydrogen (secondary N) is 1. The quantitative estimate of drug-likeness (QED) is 0.634. The van der Waals surface area contributed by atoms with Gasteiger partial charge in [0.05, 0.1) is 5.69 Å². The van der Waals surface area contributed by atoms with Gasteiger partial charge in [0.1, 0.15) is 6.04 Å². The number of carbonyl (C=O) groups is 1. The molecule has 1 aromatic heterocycles. The first-order valence-corrected chi connectivity index (χ1v) is 10.0. The molecule has 29 heavy (non-hydrogen) atoms. The molecule has 3 aromatic rings. The van der Waals surface area contributed by atoms with Crippen molar-refractivity contribution in [1.82, 2.24) is 9.78 Å². The number of carbonyl (C=O) groups excluding carboxylic acids is 1. The summed E-state index contributed by atoms with van der Waals surface area (Å²) in [6, 6.07) is 18.2. The third kappa shape index (κ3) is 5.19. The first-order valence-electron chi connectivity index (χ1n) is 10.0. The third-order valence-corrected chi connectivity index (χ3v) is 4.96. The fourth-order valence-corrected chi connectivity index (χ4v) is 3.07. The van der Waals surface area contributed by atoms with Crippen LogP contribution < -0.4 is 10.9 Å². The van der Waals surface area contributed by atoms with E-state index in [0.29, 0.717) is 11.4 Å². The van der Waals surface area contributed by atoms with Gasteiger partial charge in [0.15, 0.2) is 0 Å². The van der Waals surface area contributed by atoms with Gasteiger partial charge in [0.2, 0.25) is 5.91 Å². The second kappa shape index (κ2) is 9.32. The van der Waals surface area contributed by atoms with Crippen molar-refractivity contribution in [2.75, 3.05) is 5.32 Å². The first kappa shape index (κ1) is 20.5. The lowest BCUT2D eigenvalue weighted by Crippen LogP contribution is -2.33. The molecule has 5 heteroatoms. The van der Waals surface area contributed by atoms with E-state index in [1.807, 2.05) is 55.5 Å². The number of unbranched alkanes of at least 4 members (excludes halogenated alkanes) is 1. The topological polar surface area (TPSA) is 64.0 Å². The van der Waals surface area contributed by atoms with Crippen LogP contribution >= 0.6 is 0 Å². The summed E-state index contributed by atoms with van der Waals surface area (Å²) in [5.74, 6) is -0.276. The number of benzene rings is 2. The molecule has 0 fully saturated rings. The van der Waals surface area contributed by atoms with E-state index in [0.717, 1.165) is 30.4 Å². The van der Waals surface area contributed by atoms with E-state index in [-0.39, 0.29) is 11.5 Å². The highest BCUT2D eigenvalue weighted by molar-refractivity contribution is 5.93. The molecule has 0 aliphatic rings. The number of hydrogen-bond acceptors (Lipinski definition) is 3. The zero-order valence-corrected chi connectivity index (χ0v) is 17.2. The number of anilines is 1. The Balaban J connectivity index is 1.76. The monoisotopic (exact) mass is 389 g/mol. The van der Waals surface area contributed by atoms with Crippen molar-refractivity contribution in [3.8, 4) is 11.3 Å². The minimum atomic E-state index is -0.729. The van der Waals surface area contributed by atoms with Gasteiger partial charge in [-0.1, -0.05) is 55.3 Å². The van der Waals surface area contributed by atoms with Gasteiger partial charge in [0, 0.05) is 17.3 Å². The molecule has 0 saturated heterocycles. The van der Waals surface area contributed by atoms with Gasteiger partial charge < -0.3 is 5.32 Å². The molecule has 0 saturated carbocycles. The maximum absolute atomic E-state index is 12.7. The van der Waals surface area contributed by atoms with Crippen LogP contribution in [0.4, 0.5) is 5.69 Å². The number of aromatic nitrogens is 2. The molecule has 1 unspecified atom stereocenters. The van der Waals surface area contributed by atoms with E-state index in [2.05, 4.69) is 17.3 Å². The molecule has 5 nitrogen and oxygen atoms in total. The van der Waals surface area contributed by atoms with Crippen LogP contribution in [0.3, 0.4) is 0 Å². The van der Waals surface area contributed by atoms with Gasteiger partial charge in [-0.25, -0.2) is 4.68 Å². The Bertz CT molecular complexity index is 1020. The van der Waals surface area contributed by atoms with Crippen LogP contribution in [0.2, 0.25) is 0 Å². The largest absolute Gasteiger partial charge is 0.324 e. The summed E-state index contributed by atoms with van der Waals surface area (Å²) >= 11 is 0. The predicted octanol–water partition coefficient (Wildman–Crippen LogP) is 4.76. The molecule has 1 atom stereocenters. The van der Waals surface area contributed by atoms with Crippen molar-refractivity contribution in [3.63, 3.8) is 0 Å². The van der Waals surface area contributed by atoms with Gasteiger partial charge in [-0.05, 0) is 50.5 Å². The maximum atomic E-state index is 12.7. The van der Waals surface area contributed by atoms with Gasteiger partial charge in [-0.2, -0.15) is 5.10 Å². The second-order valence-corrected chi connectivity index (χ2v) is 7.33. The summed E-state index contributed by atoms with van der Waals surface area (Å²) < 4.78 is 1.24. The van der Waals surface area contributed by atoms with Crippen molar-refractivity contribution in [2.24, 2.45) is 0 Å². The zero-order chi connectivity index (χ0) is 20.8. The van der Waals surface area contributed by atoms with Crippen LogP contribution in [0.5, 0.6) is 0 Å². The molecule has 0 bridgehead atoms. The summed E-state index contributed by atoms with van der Waals surface area (Å²) in [5.41, 5.74) is 4.37. The highest BCUT2D eigenvalue weighted by Crippen LogP contribution is 2.18. The van der Waals surface area contributed by atoms with Crippen molar-refractivity contribution in [2.45, 2.75) is 46.1 Å². The Morgan fingerprint density at radius 3 is 2.38 bits per heavy atom. The van der Waals surface area contributed by atoms with Crippen molar-refractivity contribution in [1.29, 1.82) is 0 Å². The predicted molar refractivity (Wildman–Crippen MR) is 117 cm³/mol. The number of hydrogen-bond donors (Lipinski definition) is 1.